The van der Waals surface area contributed by atoms with Crippen LogP contribution in [0, 0.1) is 11.3 Å². The summed E-state index contributed by atoms with van der Waals surface area (Å²) >= 11 is 0. The maximum Gasteiger partial charge on any atom is 0.229 e. The largest absolute Gasteiger partial charge is 0.317 e. The molecule has 128 valence electrons. The van der Waals surface area contributed by atoms with Crippen LogP contribution < -0.4 is 10.6 Å². The molecule has 1 unspecified atom stereocenters. The monoisotopic (exact) mass is 340 g/mol. The van der Waals surface area contributed by atoms with Crippen LogP contribution in [0.25, 0.3) is 0 Å². The summed E-state index contributed by atoms with van der Waals surface area (Å²) in [7, 11) is -3.01. The van der Waals surface area contributed by atoms with Gasteiger partial charge >= 0.3 is 0 Å². The summed E-state index contributed by atoms with van der Waals surface area (Å²) in [5, 5.41) is 10.4. The van der Waals surface area contributed by atoms with Crippen molar-refractivity contribution < 1.29 is 13.2 Å². The lowest BCUT2D eigenvalue weighted by atomic mass is 9.92. The predicted octanol–water partition coefficient (Wildman–Crippen LogP) is 0.646. The zero-order valence-corrected chi connectivity index (χ0v) is 14.2. The van der Waals surface area contributed by atoms with Crippen LogP contribution in [0.5, 0.6) is 0 Å². The fraction of sp³-hybridized carbons (Fsp3) is 0.733. The minimum Gasteiger partial charge on any atom is -0.317 e. The number of hydrogen-bond donors (Lipinski definition) is 2. The van der Waals surface area contributed by atoms with Gasteiger partial charge in [-0.2, -0.15) is 5.10 Å². The molecule has 0 bridgehead atoms. The smallest absolute Gasteiger partial charge is 0.229 e. The molecule has 7 nitrogen and oxygen atoms in total. The molecule has 1 atom stereocenters. The second kappa shape index (κ2) is 6.24. The number of carbonyl (C=O) groups excluding carboxylic acids is 1. The highest BCUT2D eigenvalue weighted by Crippen LogP contribution is 2.58. The van der Waals surface area contributed by atoms with Crippen molar-refractivity contribution in [3.05, 3.63) is 12.3 Å². The van der Waals surface area contributed by atoms with Gasteiger partial charge in [0.15, 0.2) is 15.7 Å². The maximum atomic E-state index is 12.3. The van der Waals surface area contributed by atoms with Gasteiger partial charge in [-0.1, -0.05) is 6.92 Å². The van der Waals surface area contributed by atoms with Gasteiger partial charge in [-0.05, 0) is 37.8 Å². The summed E-state index contributed by atoms with van der Waals surface area (Å²) in [6.07, 6.45) is 4.80. The third-order valence-electron chi connectivity index (χ3n) is 5.07. The van der Waals surface area contributed by atoms with Gasteiger partial charge in [0.05, 0.1) is 12.3 Å². The number of piperidine rings is 1. The standard InChI is InChI=1S/C15H24N4O3S/c1-2-23(21,22)10-9-19-8-3-13(18-19)17-14(20)12-11-15(12)4-6-16-7-5-15/h3,8,12,16H,2,4-7,9-11H2,1H3,(H,17,18,20). The topological polar surface area (TPSA) is 93.1 Å². The Kier molecular flexibility index (Phi) is 4.46. The second-order valence-electron chi connectivity index (χ2n) is 6.56. The number of aromatic nitrogens is 2. The number of sulfone groups is 1. The van der Waals surface area contributed by atoms with E-state index in [4.69, 9.17) is 0 Å². The third-order valence-corrected chi connectivity index (χ3v) is 6.75. The van der Waals surface area contributed by atoms with Crippen LogP contribution in [0.2, 0.25) is 0 Å². The highest BCUT2D eigenvalue weighted by atomic mass is 32.2. The van der Waals surface area contributed by atoms with E-state index < -0.39 is 9.84 Å². The van der Waals surface area contributed by atoms with E-state index >= 15 is 0 Å². The Bertz CT molecular complexity index is 677. The Balaban J connectivity index is 1.52. The predicted molar refractivity (Wildman–Crippen MR) is 87.8 cm³/mol. The van der Waals surface area contributed by atoms with E-state index in [1.165, 1.54) is 0 Å². The van der Waals surface area contributed by atoms with E-state index in [1.54, 1.807) is 23.9 Å². The minimum atomic E-state index is -3.01. The first kappa shape index (κ1) is 16.4. The van der Waals surface area contributed by atoms with Crippen molar-refractivity contribution >= 4 is 21.6 Å². The van der Waals surface area contributed by atoms with Crippen LogP contribution in [0.15, 0.2) is 12.3 Å². The number of anilines is 1. The summed E-state index contributed by atoms with van der Waals surface area (Å²) in [4.78, 5) is 12.3. The molecule has 1 aromatic rings. The maximum absolute atomic E-state index is 12.3. The van der Waals surface area contributed by atoms with Crippen molar-refractivity contribution in [1.82, 2.24) is 15.1 Å². The van der Waals surface area contributed by atoms with Crippen LogP contribution >= 0.6 is 0 Å². The lowest BCUT2D eigenvalue weighted by Gasteiger charge is -2.23. The molecule has 0 aromatic carbocycles. The molecule has 1 aliphatic carbocycles. The third kappa shape index (κ3) is 3.74. The molecule has 1 spiro atoms. The van der Waals surface area contributed by atoms with E-state index in [2.05, 4.69) is 15.7 Å². The Hall–Kier alpha value is -1.41. The lowest BCUT2D eigenvalue weighted by molar-refractivity contribution is -0.118. The summed E-state index contributed by atoms with van der Waals surface area (Å²) in [5.74, 6) is 0.835. The van der Waals surface area contributed by atoms with E-state index in [0.29, 0.717) is 12.4 Å². The van der Waals surface area contributed by atoms with E-state index in [1.807, 2.05) is 0 Å². The Morgan fingerprint density at radius 1 is 1.48 bits per heavy atom. The first-order valence-electron chi connectivity index (χ1n) is 8.20. The fourth-order valence-corrected chi connectivity index (χ4v) is 4.09. The number of aryl methyl sites for hydroxylation is 1. The zero-order chi connectivity index (χ0) is 16.5. The number of hydrogen-bond acceptors (Lipinski definition) is 5. The summed E-state index contributed by atoms with van der Waals surface area (Å²) in [6, 6.07) is 1.72. The zero-order valence-electron chi connectivity index (χ0n) is 13.4. The number of rotatable bonds is 6. The lowest BCUT2D eigenvalue weighted by Crippen LogP contribution is -2.31. The summed E-state index contributed by atoms with van der Waals surface area (Å²) in [5.41, 5.74) is 0.201. The molecule has 2 fully saturated rings. The first-order valence-corrected chi connectivity index (χ1v) is 10.0. The van der Waals surface area contributed by atoms with Gasteiger partial charge in [-0.25, -0.2) is 8.42 Å². The van der Waals surface area contributed by atoms with Crippen molar-refractivity contribution in [2.75, 3.05) is 29.9 Å². The molecule has 2 aliphatic rings. The Morgan fingerprint density at radius 3 is 2.91 bits per heavy atom. The normalized spacial score (nSPS) is 22.9. The molecule has 8 heteroatoms. The molecule has 2 N–H and O–H groups in total. The van der Waals surface area contributed by atoms with Gasteiger partial charge in [0.1, 0.15) is 0 Å². The van der Waals surface area contributed by atoms with Gasteiger partial charge in [-0.3, -0.25) is 9.48 Å². The van der Waals surface area contributed by atoms with Crippen molar-refractivity contribution in [2.45, 2.75) is 32.7 Å². The molecule has 1 aromatic heterocycles. The van der Waals surface area contributed by atoms with Crippen molar-refractivity contribution in [2.24, 2.45) is 11.3 Å². The van der Waals surface area contributed by atoms with E-state index in [0.717, 1.165) is 32.4 Å². The first-order chi connectivity index (χ1) is 10.9. The Labute approximate surface area is 136 Å². The molecular formula is C15H24N4O3S. The van der Waals surface area contributed by atoms with Crippen molar-refractivity contribution in [3.8, 4) is 0 Å². The van der Waals surface area contributed by atoms with Gasteiger partial charge in [-0.15, -0.1) is 0 Å². The van der Waals surface area contributed by atoms with Crippen LogP contribution in [0.1, 0.15) is 26.2 Å². The molecule has 1 saturated heterocycles. The fourth-order valence-electron chi connectivity index (χ4n) is 3.34. The van der Waals surface area contributed by atoms with Gasteiger partial charge < -0.3 is 10.6 Å². The summed E-state index contributed by atoms with van der Waals surface area (Å²) < 4.78 is 24.6. The number of amides is 1. The second-order valence-corrected chi connectivity index (χ2v) is 9.03. The van der Waals surface area contributed by atoms with Gasteiger partial charge in [0.25, 0.3) is 0 Å². The van der Waals surface area contributed by atoms with Crippen LogP contribution in [0.3, 0.4) is 0 Å². The molecule has 23 heavy (non-hydrogen) atoms. The number of carbonyl (C=O) groups is 1. The highest BCUT2D eigenvalue weighted by Gasteiger charge is 2.57. The van der Waals surface area contributed by atoms with Crippen molar-refractivity contribution in [1.29, 1.82) is 0 Å². The molecule has 1 saturated carbocycles. The molecular weight excluding hydrogens is 316 g/mol. The minimum absolute atomic E-state index is 0.0401. The van der Waals surface area contributed by atoms with Crippen LogP contribution in [0.4, 0.5) is 5.82 Å². The molecule has 3 rings (SSSR count). The summed E-state index contributed by atoms with van der Waals surface area (Å²) in [6.45, 7) is 3.93. The molecule has 1 aliphatic heterocycles. The van der Waals surface area contributed by atoms with Crippen LogP contribution in [-0.4, -0.2) is 48.7 Å². The average molecular weight is 340 g/mol. The molecule has 0 radical (unpaired) electrons. The quantitative estimate of drug-likeness (QED) is 0.793. The Morgan fingerprint density at radius 2 is 2.22 bits per heavy atom. The van der Waals surface area contributed by atoms with Gasteiger partial charge in [0, 0.05) is 23.9 Å². The molecule has 2 heterocycles. The highest BCUT2D eigenvalue weighted by molar-refractivity contribution is 7.91. The van der Waals surface area contributed by atoms with E-state index in [-0.39, 0.29) is 28.7 Å². The van der Waals surface area contributed by atoms with E-state index in [9.17, 15) is 13.2 Å². The van der Waals surface area contributed by atoms with Crippen molar-refractivity contribution in [3.63, 3.8) is 0 Å². The number of nitrogens with one attached hydrogen (secondary N) is 2. The van der Waals surface area contributed by atoms with Gasteiger partial charge in [0.2, 0.25) is 5.91 Å². The van der Waals surface area contributed by atoms with Crippen LogP contribution in [-0.2, 0) is 21.2 Å². The number of nitrogens with zero attached hydrogens (tertiary/aromatic N) is 2. The average Bonchev–Trinajstić information content (AvgIpc) is 3.03. The molecule has 1 amide bonds. The SMILES string of the molecule is CCS(=O)(=O)CCn1ccc(NC(=O)C2CC23CCNCC3)n1.